The molecule has 0 aliphatic heterocycles. The molecule has 0 spiro atoms. The summed E-state index contributed by atoms with van der Waals surface area (Å²) < 4.78 is 30.1. The van der Waals surface area contributed by atoms with Crippen LogP contribution in [0.4, 0.5) is 5.69 Å². The second-order valence-electron chi connectivity index (χ2n) is 10.8. The van der Waals surface area contributed by atoms with E-state index >= 15 is 0 Å². The van der Waals surface area contributed by atoms with Crippen molar-refractivity contribution in [1.82, 2.24) is 10.2 Å². The minimum Gasteiger partial charge on any atom is -0.352 e. The van der Waals surface area contributed by atoms with E-state index in [9.17, 15) is 18.0 Å². The fourth-order valence-corrected chi connectivity index (χ4v) is 6.65. The summed E-state index contributed by atoms with van der Waals surface area (Å²) in [7, 11) is -4.13. The molecule has 4 rings (SSSR count). The first-order valence-electron chi connectivity index (χ1n) is 14.6. The van der Waals surface area contributed by atoms with Crippen LogP contribution in [0.25, 0.3) is 0 Å². The van der Waals surface area contributed by atoms with Gasteiger partial charge in [0.25, 0.3) is 10.0 Å². The van der Waals surface area contributed by atoms with Crippen LogP contribution < -0.4 is 9.62 Å². The summed E-state index contributed by atoms with van der Waals surface area (Å²) in [5.74, 6) is -0.788. The molecule has 4 aromatic rings. The number of nitrogens with one attached hydrogen (secondary N) is 1. The lowest BCUT2D eigenvalue weighted by atomic mass is 10.0. The zero-order chi connectivity index (χ0) is 31.7. The highest BCUT2D eigenvalue weighted by Gasteiger charge is 2.35. The van der Waals surface area contributed by atoms with Gasteiger partial charge in [-0.05, 0) is 67.8 Å². The third-order valence-corrected chi connectivity index (χ3v) is 9.73. The number of anilines is 1. The molecule has 4 aromatic carbocycles. The highest BCUT2D eigenvalue weighted by molar-refractivity contribution is 9.10. The summed E-state index contributed by atoms with van der Waals surface area (Å²) >= 11 is 3.51. The monoisotopic (exact) mass is 675 g/mol. The normalized spacial score (nSPS) is 12.6. The molecule has 9 heteroatoms. The standard InChI is InChI=1S/C35H38BrN3O4S/c1-4-27(3)37-35(41)33(23-28-12-7-5-8-13-28)38(24-29-14-11-15-30(36)22-29)34(40)25-39(31-16-9-6-10-17-31)44(42,43)32-20-18-26(2)19-21-32/h5-22,27,33H,4,23-25H2,1-3H3,(H,37,41). The summed E-state index contributed by atoms with van der Waals surface area (Å²) in [5.41, 5.74) is 2.96. The lowest BCUT2D eigenvalue weighted by Crippen LogP contribution is -2.54. The topological polar surface area (TPSA) is 86.8 Å². The third-order valence-electron chi connectivity index (χ3n) is 7.45. The quantitative estimate of drug-likeness (QED) is 0.175. The van der Waals surface area contributed by atoms with Crippen molar-refractivity contribution in [2.75, 3.05) is 10.8 Å². The SMILES string of the molecule is CCC(C)NC(=O)C(Cc1ccccc1)N(Cc1cccc(Br)c1)C(=O)CN(c1ccccc1)S(=O)(=O)c1ccc(C)cc1. The van der Waals surface area contributed by atoms with Crippen LogP contribution in [-0.4, -0.2) is 43.8 Å². The number of para-hydroxylation sites is 1. The van der Waals surface area contributed by atoms with Gasteiger partial charge in [0, 0.05) is 23.5 Å². The molecule has 0 saturated heterocycles. The molecule has 0 radical (unpaired) electrons. The van der Waals surface area contributed by atoms with Gasteiger partial charge in [0.15, 0.2) is 0 Å². The van der Waals surface area contributed by atoms with Crippen molar-refractivity contribution in [3.63, 3.8) is 0 Å². The predicted molar refractivity (Wildman–Crippen MR) is 179 cm³/mol. The number of nitrogens with zero attached hydrogens (tertiary/aromatic N) is 2. The van der Waals surface area contributed by atoms with Crippen LogP contribution in [0, 0.1) is 6.92 Å². The van der Waals surface area contributed by atoms with Crippen molar-refractivity contribution in [1.29, 1.82) is 0 Å². The number of rotatable bonds is 13. The minimum atomic E-state index is -4.13. The lowest BCUT2D eigenvalue weighted by molar-refractivity contribution is -0.140. The van der Waals surface area contributed by atoms with Crippen LogP contribution in [0.3, 0.4) is 0 Å². The van der Waals surface area contributed by atoms with E-state index in [-0.39, 0.29) is 29.8 Å². The molecular weight excluding hydrogens is 638 g/mol. The molecule has 0 saturated carbocycles. The Morgan fingerprint density at radius 2 is 1.45 bits per heavy atom. The second kappa shape index (κ2) is 15.2. The molecule has 0 fully saturated rings. The molecule has 7 nitrogen and oxygen atoms in total. The fourth-order valence-electron chi connectivity index (χ4n) is 4.79. The van der Waals surface area contributed by atoms with Gasteiger partial charge >= 0.3 is 0 Å². The second-order valence-corrected chi connectivity index (χ2v) is 13.6. The number of hydrogen-bond acceptors (Lipinski definition) is 4. The number of amides is 2. The van der Waals surface area contributed by atoms with Crippen molar-refractivity contribution in [3.8, 4) is 0 Å². The third kappa shape index (κ3) is 8.57. The van der Waals surface area contributed by atoms with E-state index in [4.69, 9.17) is 0 Å². The van der Waals surface area contributed by atoms with Crippen LogP contribution in [0.1, 0.15) is 37.0 Å². The maximum Gasteiger partial charge on any atom is 0.264 e. The molecule has 0 aromatic heterocycles. The van der Waals surface area contributed by atoms with E-state index in [0.29, 0.717) is 5.69 Å². The number of sulfonamides is 1. The average Bonchev–Trinajstić information content (AvgIpc) is 3.02. The number of carbonyl (C=O) groups excluding carboxylic acids is 2. The van der Waals surface area contributed by atoms with Gasteiger partial charge in [-0.2, -0.15) is 0 Å². The summed E-state index contributed by atoms with van der Waals surface area (Å²) in [6, 6.07) is 31.2. The van der Waals surface area contributed by atoms with Gasteiger partial charge in [-0.1, -0.05) is 101 Å². The van der Waals surface area contributed by atoms with Crippen molar-refractivity contribution < 1.29 is 18.0 Å². The van der Waals surface area contributed by atoms with Crippen LogP contribution in [0.15, 0.2) is 119 Å². The van der Waals surface area contributed by atoms with Crippen molar-refractivity contribution in [2.45, 2.75) is 57.1 Å². The molecule has 2 amide bonds. The Labute approximate surface area is 269 Å². The maximum absolute atomic E-state index is 14.5. The highest BCUT2D eigenvalue weighted by atomic mass is 79.9. The van der Waals surface area contributed by atoms with E-state index in [2.05, 4.69) is 21.2 Å². The largest absolute Gasteiger partial charge is 0.352 e. The van der Waals surface area contributed by atoms with Crippen LogP contribution >= 0.6 is 15.9 Å². The molecule has 2 unspecified atom stereocenters. The summed E-state index contributed by atoms with van der Waals surface area (Å²) in [6.07, 6.45) is 0.985. The van der Waals surface area contributed by atoms with Gasteiger partial charge in [-0.25, -0.2) is 8.42 Å². The first kappa shape index (κ1) is 33.0. The fraction of sp³-hybridized carbons (Fsp3) is 0.257. The number of benzene rings is 4. The molecule has 0 aliphatic rings. The Balaban J connectivity index is 1.79. The van der Waals surface area contributed by atoms with E-state index in [1.54, 1.807) is 54.6 Å². The van der Waals surface area contributed by atoms with E-state index in [1.807, 2.05) is 75.4 Å². The predicted octanol–water partition coefficient (Wildman–Crippen LogP) is 6.51. The van der Waals surface area contributed by atoms with Crippen molar-refractivity contribution in [3.05, 3.63) is 130 Å². The molecule has 2 atom stereocenters. The molecular formula is C35H38BrN3O4S. The van der Waals surface area contributed by atoms with Crippen LogP contribution in [0.5, 0.6) is 0 Å². The van der Waals surface area contributed by atoms with Gasteiger partial charge in [0.05, 0.1) is 10.6 Å². The van der Waals surface area contributed by atoms with Crippen molar-refractivity contribution in [2.24, 2.45) is 0 Å². The van der Waals surface area contributed by atoms with Gasteiger partial charge in [-0.3, -0.25) is 13.9 Å². The average molecular weight is 677 g/mol. The number of carbonyl (C=O) groups is 2. The van der Waals surface area contributed by atoms with Gasteiger partial charge in [-0.15, -0.1) is 0 Å². The molecule has 44 heavy (non-hydrogen) atoms. The summed E-state index contributed by atoms with van der Waals surface area (Å²) in [5, 5.41) is 3.05. The summed E-state index contributed by atoms with van der Waals surface area (Å²) in [4.78, 5) is 29.9. The van der Waals surface area contributed by atoms with Crippen LogP contribution in [-0.2, 0) is 32.6 Å². The number of hydrogen-bond donors (Lipinski definition) is 1. The van der Waals surface area contributed by atoms with Gasteiger partial charge in [0.1, 0.15) is 12.6 Å². The molecule has 0 bridgehead atoms. The Morgan fingerprint density at radius 1 is 0.841 bits per heavy atom. The molecule has 1 N–H and O–H groups in total. The lowest BCUT2D eigenvalue weighted by Gasteiger charge is -2.34. The smallest absolute Gasteiger partial charge is 0.264 e. The molecule has 230 valence electrons. The Kier molecular flexibility index (Phi) is 11.4. The van der Waals surface area contributed by atoms with Gasteiger partial charge in [0.2, 0.25) is 11.8 Å². The van der Waals surface area contributed by atoms with Gasteiger partial charge < -0.3 is 10.2 Å². The first-order valence-corrected chi connectivity index (χ1v) is 16.8. The molecule has 0 heterocycles. The summed E-state index contributed by atoms with van der Waals surface area (Å²) in [6.45, 7) is 5.40. The highest BCUT2D eigenvalue weighted by Crippen LogP contribution is 2.25. The Hall–Kier alpha value is -3.95. The maximum atomic E-state index is 14.5. The Bertz CT molecular complexity index is 1650. The zero-order valence-corrected chi connectivity index (χ0v) is 27.6. The van der Waals surface area contributed by atoms with E-state index in [1.165, 1.54) is 4.90 Å². The van der Waals surface area contributed by atoms with Crippen LogP contribution in [0.2, 0.25) is 0 Å². The first-order chi connectivity index (χ1) is 21.1. The Morgan fingerprint density at radius 3 is 2.07 bits per heavy atom. The number of halogens is 1. The number of aryl methyl sites for hydroxylation is 1. The van der Waals surface area contributed by atoms with E-state index in [0.717, 1.165) is 31.9 Å². The minimum absolute atomic E-state index is 0.0774. The molecule has 0 aliphatic carbocycles. The van der Waals surface area contributed by atoms with Crippen molar-refractivity contribution >= 4 is 43.5 Å². The zero-order valence-electron chi connectivity index (χ0n) is 25.2. The van der Waals surface area contributed by atoms with E-state index < -0.39 is 28.5 Å².